The Hall–Kier alpha value is -2.96. The number of likely N-dealkylation sites (tertiary alicyclic amines) is 1. The molecule has 0 spiro atoms. The first-order valence-electron chi connectivity index (χ1n) is 11.1. The van der Waals surface area contributed by atoms with Crippen LogP contribution in [0.2, 0.25) is 0 Å². The molecule has 1 aliphatic heterocycles. The highest BCUT2D eigenvalue weighted by Gasteiger charge is 2.13. The Balaban J connectivity index is 1.32. The van der Waals surface area contributed by atoms with E-state index in [1.807, 2.05) is 31.2 Å². The lowest BCUT2D eigenvalue weighted by Gasteiger charge is -2.15. The molecule has 0 saturated carbocycles. The van der Waals surface area contributed by atoms with E-state index in [9.17, 15) is 9.59 Å². The van der Waals surface area contributed by atoms with Gasteiger partial charge < -0.3 is 10.6 Å². The summed E-state index contributed by atoms with van der Waals surface area (Å²) in [6, 6.07) is 20.5. The number of thiophene rings is 1. The van der Waals surface area contributed by atoms with Gasteiger partial charge in [0.05, 0.1) is 11.4 Å². The molecule has 2 heterocycles. The summed E-state index contributed by atoms with van der Waals surface area (Å²) in [6.07, 6.45) is 2.60. The van der Waals surface area contributed by atoms with Crippen LogP contribution in [0.1, 0.15) is 38.5 Å². The Bertz CT molecular complexity index is 1070. The van der Waals surface area contributed by atoms with Crippen molar-refractivity contribution >= 4 is 23.2 Å². The predicted molar refractivity (Wildman–Crippen MR) is 130 cm³/mol. The molecular formula is C26H29N3O2S. The molecule has 3 aromatic rings. The monoisotopic (exact) mass is 447 g/mol. The molecule has 0 bridgehead atoms. The molecule has 5 nitrogen and oxygen atoms in total. The second-order valence-corrected chi connectivity index (χ2v) is 9.49. The summed E-state index contributed by atoms with van der Waals surface area (Å²) in [5, 5.41) is 5.61. The first kappa shape index (κ1) is 22.2. The van der Waals surface area contributed by atoms with Gasteiger partial charge in [0.25, 0.3) is 5.91 Å². The minimum Gasteiger partial charge on any atom is -0.350 e. The Morgan fingerprint density at radius 1 is 0.938 bits per heavy atom. The summed E-state index contributed by atoms with van der Waals surface area (Å²) in [5.74, 6) is -0.421. The number of rotatable bonds is 8. The van der Waals surface area contributed by atoms with E-state index in [-0.39, 0.29) is 18.4 Å². The number of hydrogen-bond donors (Lipinski definition) is 2. The van der Waals surface area contributed by atoms with Gasteiger partial charge in [-0.2, -0.15) is 0 Å². The van der Waals surface area contributed by atoms with E-state index in [2.05, 4.69) is 45.9 Å². The molecular weight excluding hydrogens is 418 g/mol. The second-order valence-electron chi connectivity index (χ2n) is 8.21. The summed E-state index contributed by atoms with van der Waals surface area (Å²) in [5.41, 5.74) is 4.63. The maximum absolute atomic E-state index is 12.3. The summed E-state index contributed by atoms with van der Waals surface area (Å²) in [7, 11) is 0. The van der Waals surface area contributed by atoms with Crippen LogP contribution in [-0.2, 0) is 17.9 Å². The number of benzene rings is 2. The number of carbonyl (C=O) groups is 2. The van der Waals surface area contributed by atoms with Gasteiger partial charge >= 0.3 is 0 Å². The molecule has 1 saturated heterocycles. The zero-order chi connectivity index (χ0) is 22.3. The molecule has 2 aromatic carbocycles. The van der Waals surface area contributed by atoms with Gasteiger partial charge in [-0.3, -0.25) is 14.5 Å². The summed E-state index contributed by atoms with van der Waals surface area (Å²) in [4.78, 5) is 28.6. The fourth-order valence-corrected chi connectivity index (χ4v) is 4.79. The molecule has 1 aliphatic rings. The second kappa shape index (κ2) is 10.6. The zero-order valence-corrected chi connectivity index (χ0v) is 19.2. The summed E-state index contributed by atoms with van der Waals surface area (Å²) in [6.45, 7) is 5.72. The average Bonchev–Trinajstić information content (AvgIpc) is 3.48. The van der Waals surface area contributed by atoms with Crippen LogP contribution in [0, 0.1) is 6.92 Å². The van der Waals surface area contributed by atoms with Crippen LogP contribution in [0.25, 0.3) is 11.1 Å². The van der Waals surface area contributed by atoms with Crippen LogP contribution in [-0.4, -0.2) is 36.3 Å². The highest BCUT2D eigenvalue weighted by Crippen LogP contribution is 2.25. The van der Waals surface area contributed by atoms with Crippen LogP contribution in [0.3, 0.4) is 0 Å². The van der Waals surface area contributed by atoms with Crippen molar-refractivity contribution in [2.45, 2.75) is 32.9 Å². The van der Waals surface area contributed by atoms with E-state index in [1.165, 1.54) is 42.8 Å². The summed E-state index contributed by atoms with van der Waals surface area (Å²) < 4.78 is 0. The van der Waals surface area contributed by atoms with E-state index in [0.717, 1.165) is 28.1 Å². The molecule has 0 aliphatic carbocycles. The number of aryl methyl sites for hydroxylation is 1. The van der Waals surface area contributed by atoms with Crippen LogP contribution in [0.15, 0.2) is 60.7 Å². The Labute approximate surface area is 193 Å². The Kier molecular flexibility index (Phi) is 7.35. The van der Waals surface area contributed by atoms with Crippen molar-refractivity contribution in [3.05, 3.63) is 81.5 Å². The molecule has 2 N–H and O–H groups in total. The van der Waals surface area contributed by atoms with Gasteiger partial charge in [0, 0.05) is 18.0 Å². The molecule has 1 fully saturated rings. The largest absolute Gasteiger partial charge is 0.350 e. The van der Waals surface area contributed by atoms with E-state index in [1.54, 1.807) is 6.07 Å². The van der Waals surface area contributed by atoms with E-state index in [0.29, 0.717) is 11.4 Å². The van der Waals surface area contributed by atoms with Gasteiger partial charge in [0.15, 0.2) is 0 Å². The molecule has 0 unspecified atom stereocenters. The standard InChI is InChI=1S/C26H29N3O2S/c1-19-8-13-24(32-19)26(31)28-17-25(30)27-16-22-6-2-3-7-23(22)21-11-9-20(10-12-21)18-29-14-4-5-15-29/h2-3,6-13H,4-5,14-18H2,1H3,(H,27,30)(H,28,31). The molecule has 166 valence electrons. The highest BCUT2D eigenvalue weighted by atomic mass is 32.1. The van der Waals surface area contributed by atoms with Gasteiger partial charge in [-0.1, -0.05) is 48.5 Å². The third-order valence-electron chi connectivity index (χ3n) is 5.74. The van der Waals surface area contributed by atoms with Crippen molar-refractivity contribution < 1.29 is 9.59 Å². The molecule has 6 heteroatoms. The molecule has 32 heavy (non-hydrogen) atoms. The van der Waals surface area contributed by atoms with Crippen LogP contribution in [0.5, 0.6) is 0 Å². The SMILES string of the molecule is Cc1ccc(C(=O)NCC(=O)NCc2ccccc2-c2ccc(CN3CCCC3)cc2)s1. The van der Waals surface area contributed by atoms with Gasteiger partial charge in [-0.15, -0.1) is 11.3 Å². The number of nitrogens with one attached hydrogen (secondary N) is 2. The van der Waals surface area contributed by atoms with Crippen molar-refractivity contribution in [1.82, 2.24) is 15.5 Å². The molecule has 0 atom stereocenters. The lowest BCUT2D eigenvalue weighted by atomic mass is 9.98. The average molecular weight is 448 g/mol. The molecule has 0 radical (unpaired) electrons. The first-order valence-corrected chi connectivity index (χ1v) is 11.9. The number of nitrogens with zero attached hydrogens (tertiary/aromatic N) is 1. The maximum Gasteiger partial charge on any atom is 0.261 e. The van der Waals surface area contributed by atoms with Gasteiger partial charge in [0.1, 0.15) is 0 Å². The fraction of sp³-hybridized carbons (Fsp3) is 0.308. The van der Waals surface area contributed by atoms with E-state index in [4.69, 9.17) is 0 Å². The van der Waals surface area contributed by atoms with Gasteiger partial charge in [-0.25, -0.2) is 0 Å². The lowest BCUT2D eigenvalue weighted by Crippen LogP contribution is -2.36. The number of hydrogen-bond acceptors (Lipinski definition) is 4. The van der Waals surface area contributed by atoms with Crippen molar-refractivity contribution in [2.75, 3.05) is 19.6 Å². The smallest absolute Gasteiger partial charge is 0.261 e. The quantitative estimate of drug-likeness (QED) is 0.539. The minimum absolute atomic E-state index is 0.0385. The minimum atomic E-state index is -0.215. The van der Waals surface area contributed by atoms with E-state index >= 15 is 0 Å². The number of carbonyl (C=O) groups excluding carboxylic acids is 2. The zero-order valence-electron chi connectivity index (χ0n) is 18.4. The molecule has 2 amide bonds. The third kappa shape index (κ3) is 5.84. The van der Waals surface area contributed by atoms with Crippen molar-refractivity contribution in [2.24, 2.45) is 0 Å². The first-order chi connectivity index (χ1) is 15.6. The molecule has 4 rings (SSSR count). The van der Waals surface area contributed by atoms with Crippen molar-refractivity contribution in [3.8, 4) is 11.1 Å². The number of amides is 2. The Morgan fingerprint density at radius 2 is 1.69 bits per heavy atom. The van der Waals surface area contributed by atoms with Gasteiger partial charge in [-0.05, 0) is 67.2 Å². The normalized spacial score (nSPS) is 13.8. The van der Waals surface area contributed by atoms with Crippen LogP contribution in [0.4, 0.5) is 0 Å². The lowest BCUT2D eigenvalue weighted by molar-refractivity contribution is -0.120. The summed E-state index contributed by atoms with van der Waals surface area (Å²) >= 11 is 1.42. The van der Waals surface area contributed by atoms with Gasteiger partial charge in [0.2, 0.25) is 5.91 Å². The highest BCUT2D eigenvalue weighted by molar-refractivity contribution is 7.13. The Morgan fingerprint density at radius 3 is 2.41 bits per heavy atom. The van der Waals surface area contributed by atoms with Crippen molar-refractivity contribution in [1.29, 1.82) is 0 Å². The van der Waals surface area contributed by atoms with E-state index < -0.39 is 0 Å². The molecule has 1 aromatic heterocycles. The topological polar surface area (TPSA) is 61.4 Å². The maximum atomic E-state index is 12.3. The van der Waals surface area contributed by atoms with Crippen molar-refractivity contribution in [3.63, 3.8) is 0 Å². The predicted octanol–water partition coefficient (Wildman–Crippen LogP) is 4.37. The third-order valence-corrected chi connectivity index (χ3v) is 6.74. The fourth-order valence-electron chi connectivity index (χ4n) is 4.01. The van der Waals surface area contributed by atoms with Crippen LogP contribution >= 0.6 is 11.3 Å². The van der Waals surface area contributed by atoms with Crippen LogP contribution < -0.4 is 10.6 Å².